The van der Waals surface area contributed by atoms with Crippen molar-refractivity contribution < 1.29 is 9.53 Å². The van der Waals surface area contributed by atoms with Gasteiger partial charge in [-0.1, -0.05) is 0 Å². The number of ether oxygens (including phenoxy) is 1. The van der Waals surface area contributed by atoms with Gasteiger partial charge in [-0.25, -0.2) is 9.80 Å². The maximum Gasteiger partial charge on any atom is 0.422 e. The lowest BCUT2D eigenvalue weighted by atomic mass is 10.2. The topological polar surface area (TPSA) is 41.6 Å². The average molecular weight is 240 g/mol. The normalized spacial score (nSPS) is 20.5. The maximum absolute atomic E-state index is 11.7. The standard InChI is InChI=1S/C13H24N2O2/c1-13(2,3)17-12(16)14-15(8-10-4-5-10)9-11-6-7-11/h10-11H,4-9H2,1-3H3,(H,14,16). The Kier molecular flexibility index (Phi) is 3.61. The van der Waals surface area contributed by atoms with Crippen LogP contribution in [0.15, 0.2) is 0 Å². The molecule has 0 atom stereocenters. The van der Waals surface area contributed by atoms with Gasteiger partial charge in [-0.2, -0.15) is 0 Å². The zero-order valence-corrected chi connectivity index (χ0v) is 11.2. The van der Waals surface area contributed by atoms with Crippen LogP contribution < -0.4 is 5.43 Å². The van der Waals surface area contributed by atoms with Gasteiger partial charge in [0.15, 0.2) is 0 Å². The molecule has 0 aromatic carbocycles. The van der Waals surface area contributed by atoms with E-state index in [0.717, 1.165) is 24.9 Å². The quantitative estimate of drug-likeness (QED) is 0.751. The largest absolute Gasteiger partial charge is 0.443 e. The van der Waals surface area contributed by atoms with Crippen LogP contribution in [0.3, 0.4) is 0 Å². The number of nitrogens with one attached hydrogen (secondary N) is 1. The first kappa shape index (κ1) is 12.7. The fourth-order valence-corrected chi connectivity index (χ4v) is 1.82. The minimum atomic E-state index is -0.422. The van der Waals surface area contributed by atoms with Crippen molar-refractivity contribution in [2.75, 3.05) is 13.1 Å². The number of carbonyl (C=O) groups is 1. The van der Waals surface area contributed by atoms with Crippen LogP contribution in [-0.2, 0) is 4.74 Å². The van der Waals surface area contributed by atoms with Crippen LogP contribution in [0.2, 0.25) is 0 Å². The van der Waals surface area contributed by atoms with E-state index in [2.05, 4.69) is 10.4 Å². The zero-order chi connectivity index (χ0) is 12.5. The average Bonchev–Trinajstić information content (AvgIpc) is 2.94. The summed E-state index contributed by atoms with van der Waals surface area (Å²) in [4.78, 5) is 11.7. The Morgan fingerprint density at radius 1 is 1.18 bits per heavy atom. The summed E-state index contributed by atoms with van der Waals surface area (Å²) in [6.45, 7) is 7.63. The van der Waals surface area contributed by atoms with E-state index in [9.17, 15) is 4.79 Å². The highest BCUT2D eigenvalue weighted by Crippen LogP contribution is 2.33. The predicted molar refractivity (Wildman–Crippen MR) is 66.4 cm³/mol. The van der Waals surface area contributed by atoms with Crippen LogP contribution >= 0.6 is 0 Å². The van der Waals surface area contributed by atoms with Crippen molar-refractivity contribution in [2.24, 2.45) is 11.8 Å². The molecule has 0 aliphatic heterocycles. The minimum absolute atomic E-state index is 0.321. The Bertz CT molecular complexity index is 264. The summed E-state index contributed by atoms with van der Waals surface area (Å²) >= 11 is 0. The van der Waals surface area contributed by atoms with Crippen molar-refractivity contribution >= 4 is 6.09 Å². The molecule has 0 aromatic heterocycles. The number of hydrogen-bond donors (Lipinski definition) is 1. The van der Waals surface area contributed by atoms with Crippen molar-refractivity contribution in [3.05, 3.63) is 0 Å². The smallest absolute Gasteiger partial charge is 0.422 e. The SMILES string of the molecule is CC(C)(C)OC(=O)NN(CC1CC1)CC1CC1. The van der Waals surface area contributed by atoms with Gasteiger partial charge in [-0.3, -0.25) is 5.43 Å². The molecule has 2 saturated carbocycles. The lowest BCUT2D eigenvalue weighted by Gasteiger charge is -2.26. The predicted octanol–water partition coefficient (Wildman–Crippen LogP) is 2.55. The summed E-state index contributed by atoms with van der Waals surface area (Å²) in [6, 6.07) is 0. The summed E-state index contributed by atoms with van der Waals surface area (Å²) < 4.78 is 5.28. The second kappa shape index (κ2) is 4.84. The number of hydrogen-bond acceptors (Lipinski definition) is 3. The second-order valence-electron chi connectivity index (χ2n) is 6.41. The van der Waals surface area contributed by atoms with Crippen molar-refractivity contribution in [3.63, 3.8) is 0 Å². The zero-order valence-electron chi connectivity index (χ0n) is 11.2. The highest BCUT2D eigenvalue weighted by molar-refractivity contribution is 5.67. The van der Waals surface area contributed by atoms with Gasteiger partial charge in [-0.05, 0) is 58.3 Å². The van der Waals surface area contributed by atoms with Gasteiger partial charge in [0.1, 0.15) is 5.60 Å². The van der Waals surface area contributed by atoms with E-state index in [0.29, 0.717) is 0 Å². The molecule has 0 heterocycles. The summed E-state index contributed by atoms with van der Waals surface area (Å²) in [6.07, 6.45) is 4.89. The van der Waals surface area contributed by atoms with E-state index in [1.54, 1.807) is 0 Å². The van der Waals surface area contributed by atoms with Crippen LogP contribution in [0.5, 0.6) is 0 Å². The first-order valence-electron chi connectivity index (χ1n) is 6.67. The van der Waals surface area contributed by atoms with Crippen LogP contribution in [0.4, 0.5) is 4.79 Å². The Hall–Kier alpha value is -0.770. The molecule has 1 N–H and O–H groups in total. The fourth-order valence-electron chi connectivity index (χ4n) is 1.82. The number of amides is 1. The van der Waals surface area contributed by atoms with Crippen molar-refractivity contribution in [1.29, 1.82) is 0 Å². The third kappa shape index (κ3) is 5.39. The summed E-state index contributed by atoms with van der Waals surface area (Å²) in [7, 11) is 0. The molecular weight excluding hydrogens is 216 g/mol. The lowest BCUT2D eigenvalue weighted by Crippen LogP contribution is -2.46. The van der Waals surface area contributed by atoms with Gasteiger partial charge in [0.25, 0.3) is 0 Å². The number of nitrogens with zero attached hydrogens (tertiary/aromatic N) is 1. The van der Waals surface area contributed by atoms with Crippen LogP contribution in [0.1, 0.15) is 46.5 Å². The van der Waals surface area contributed by atoms with Gasteiger partial charge in [-0.15, -0.1) is 0 Å². The van der Waals surface area contributed by atoms with Crippen molar-refractivity contribution in [3.8, 4) is 0 Å². The van der Waals surface area contributed by atoms with Crippen molar-refractivity contribution in [1.82, 2.24) is 10.4 Å². The molecule has 1 amide bonds. The van der Waals surface area contributed by atoms with Crippen LogP contribution in [0.25, 0.3) is 0 Å². The van der Waals surface area contributed by atoms with E-state index < -0.39 is 5.60 Å². The molecule has 2 aliphatic rings. The molecule has 2 fully saturated rings. The van der Waals surface area contributed by atoms with Gasteiger partial charge in [0.2, 0.25) is 0 Å². The molecule has 0 bridgehead atoms. The highest BCUT2D eigenvalue weighted by Gasteiger charge is 2.30. The van der Waals surface area contributed by atoms with Gasteiger partial charge >= 0.3 is 6.09 Å². The molecule has 17 heavy (non-hydrogen) atoms. The molecule has 0 spiro atoms. The van der Waals surface area contributed by atoms with E-state index in [4.69, 9.17) is 4.74 Å². The molecule has 4 nitrogen and oxygen atoms in total. The monoisotopic (exact) mass is 240 g/mol. The van der Waals surface area contributed by atoms with Gasteiger partial charge in [0, 0.05) is 13.1 Å². The van der Waals surface area contributed by atoms with Gasteiger partial charge in [0.05, 0.1) is 0 Å². The van der Waals surface area contributed by atoms with E-state index in [-0.39, 0.29) is 6.09 Å². The van der Waals surface area contributed by atoms with E-state index in [1.165, 1.54) is 25.7 Å². The molecular formula is C13H24N2O2. The molecule has 0 radical (unpaired) electrons. The first-order valence-corrected chi connectivity index (χ1v) is 6.67. The molecule has 0 saturated heterocycles. The first-order chi connectivity index (χ1) is 7.92. The Morgan fingerprint density at radius 2 is 1.65 bits per heavy atom. The molecule has 2 rings (SSSR count). The van der Waals surface area contributed by atoms with E-state index in [1.807, 2.05) is 20.8 Å². The minimum Gasteiger partial charge on any atom is -0.443 e. The molecule has 98 valence electrons. The molecule has 0 aromatic rings. The second-order valence-corrected chi connectivity index (χ2v) is 6.41. The number of hydrazine groups is 1. The van der Waals surface area contributed by atoms with Crippen LogP contribution in [-0.4, -0.2) is 29.8 Å². The molecule has 4 heteroatoms. The number of rotatable bonds is 5. The Balaban J connectivity index is 1.75. The molecule has 2 aliphatic carbocycles. The number of carbonyl (C=O) groups excluding carboxylic acids is 1. The Morgan fingerprint density at radius 3 is 2.00 bits per heavy atom. The third-order valence-electron chi connectivity index (χ3n) is 3.00. The molecule has 0 unspecified atom stereocenters. The van der Waals surface area contributed by atoms with Crippen LogP contribution in [0, 0.1) is 11.8 Å². The summed E-state index contributed by atoms with van der Waals surface area (Å²) in [5, 5.41) is 2.06. The lowest BCUT2D eigenvalue weighted by molar-refractivity contribution is 0.0314. The Labute approximate surface area is 104 Å². The van der Waals surface area contributed by atoms with Gasteiger partial charge < -0.3 is 4.74 Å². The summed E-state index contributed by atoms with van der Waals surface area (Å²) in [5.41, 5.74) is 2.47. The fraction of sp³-hybridized carbons (Fsp3) is 0.923. The highest BCUT2D eigenvalue weighted by atomic mass is 16.6. The maximum atomic E-state index is 11.7. The summed E-state index contributed by atoms with van der Waals surface area (Å²) in [5.74, 6) is 1.56. The van der Waals surface area contributed by atoms with Crippen molar-refractivity contribution in [2.45, 2.75) is 52.1 Å². The third-order valence-corrected chi connectivity index (χ3v) is 3.00. The van der Waals surface area contributed by atoms with E-state index >= 15 is 0 Å².